The fourth-order valence-electron chi connectivity index (χ4n) is 1.29. The first-order valence-electron chi connectivity index (χ1n) is 4.90. The van der Waals surface area contributed by atoms with Crippen LogP contribution in [0.25, 0.3) is 0 Å². The molecule has 1 atom stereocenters. The maximum Gasteiger partial charge on any atom is 0.129 e. The van der Waals surface area contributed by atoms with Crippen LogP contribution in [0.3, 0.4) is 0 Å². The van der Waals surface area contributed by atoms with Gasteiger partial charge in [-0.05, 0) is 19.4 Å². The lowest BCUT2D eigenvalue weighted by atomic mass is 10.0. The van der Waals surface area contributed by atoms with Crippen molar-refractivity contribution in [2.45, 2.75) is 38.5 Å². The molecule has 1 fully saturated rings. The van der Waals surface area contributed by atoms with Crippen molar-refractivity contribution in [2.75, 3.05) is 6.54 Å². The van der Waals surface area contributed by atoms with Crippen molar-refractivity contribution < 1.29 is 0 Å². The molecule has 0 aliphatic carbocycles. The standard InChI is InChI=1S/C11H19NSi/c1-10-5-7-12-11(9-10)6-8-13(2,3)4/h11-12H,1,5,7,9H2,2-4H3. The molecule has 1 unspecified atom stereocenters. The number of nitrogens with one attached hydrogen (secondary N) is 1. The van der Waals surface area contributed by atoms with Gasteiger partial charge in [0.05, 0.1) is 6.04 Å². The van der Waals surface area contributed by atoms with Crippen molar-refractivity contribution >= 4 is 8.07 Å². The van der Waals surface area contributed by atoms with E-state index >= 15 is 0 Å². The van der Waals surface area contributed by atoms with E-state index in [1.807, 2.05) is 0 Å². The SMILES string of the molecule is C=C1CCNC(C#C[Si](C)(C)C)C1. The van der Waals surface area contributed by atoms with Gasteiger partial charge in [0.25, 0.3) is 0 Å². The van der Waals surface area contributed by atoms with Crippen molar-refractivity contribution in [3.63, 3.8) is 0 Å². The fraction of sp³-hybridized carbons (Fsp3) is 0.636. The van der Waals surface area contributed by atoms with E-state index < -0.39 is 8.07 Å². The maximum absolute atomic E-state index is 4.01. The minimum atomic E-state index is -1.19. The Balaban J connectivity index is 2.52. The average Bonchev–Trinajstić information content (AvgIpc) is 2.00. The highest BCUT2D eigenvalue weighted by atomic mass is 28.3. The van der Waals surface area contributed by atoms with Crippen molar-refractivity contribution in [2.24, 2.45) is 0 Å². The van der Waals surface area contributed by atoms with Crippen LogP contribution in [0.15, 0.2) is 12.2 Å². The average molecular weight is 193 g/mol. The van der Waals surface area contributed by atoms with Gasteiger partial charge in [0, 0.05) is 0 Å². The van der Waals surface area contributed by atoms with Crippen LogP contribution in [0.5, 0.6) is 0 Å². The molecule has 0 aromatic heterocycles. The second-order valence-corrected chi connectivity index (χ2v) is 9.48. The van der Waals surface area contributed by atoms with E-state index in [0.29, 0.717) is 6.04 Å². The molecule has 2 heteroatoms. The first kappa shape index (κ1) is 10.6. The number of piperidine rings is 1. The normalized spacial score (nSPS) is 23.6. The van der Waals surface area contributed by atoms with E-state index in [9.17, 15) is 0 Å². The molecule has 0 amide bonds. The summed E-state index contributed by atoms with van der Waals surface area (Å²) >= 11 is 0. The van der Waals surface area contributed by atoms with Crippen LogP contribution in [0, 0.1) is 11.5 Å². The van der Waals surface area contributed by atoms with Crippen LogP contribution in [0.4, 0.5) is 0 Å². The van der Waals surface area contributed by atoms with Crippen LogP contribution >= 0.6 is 0 Å². The molecular weight excluding hydrogens is 174 g/mol. The summed E-state index contributed by atoms with van der Waals surface area (Å²) in [6.45, 7) is 11.9. The molecule has 0 saturated carbocycles. The molecule has 1 aliphatic heterocycles. The minimum absolute atomic E-state index is 0.368. The maximum atomic E-state index is 4.01. The van der Waals surface area contributed by atoms with E-state index in [-0.39, 0.29) is 0 Å². The number of rotatable bonds is 0. The summed E-state index contributed by atoms with van der Waals surface area (Å²) in [5, 5.41) is 3.41. The summed E-state index contributed by atoms with van der Waals surface area (Å²) in [5.41, 5.74) is 4.74. The molecule has 13 heavy (non-hydrogen) atoms. The summed E-state index contributed by atoms with van der Waals surface area (Å²) in [5.74, 6) is 3.33. The van der Waals surface area contributed by atoms with Gasteiger partial charge in [-0.15, -0.1) is 5.54 Å². The van der Waals surface area contributed by atoms with E-state index in [0.717, 1.165) is 19.4 Å². The third-order valence-electron chi connectivity index (χ3n) is 1.98. The molecule has 0 aromatic rings. The van der Waals surface area contributed by atoms with Crippen LogP contribution in [-0.4, -0.2) is 20.7 Å². The van der Waals surface area contributed by atoms with E-state index in [1.54, 1.807) is 0 Å². The monoisotopic (exact) mass is 193 g/mol. The lowest BCUT2D eigenvalue weighted by molar-refractivity contribution is 0.543. The Bertz CT molecular complexity index is 251. The second kappa shape index (κ2) is 4.12. The molecule has 0 bridgehead atoms. The van der Waals surface area contributed by atoms with Crippen LogP contribution < -0.4 is 5.32 Å². The van der Waals surface area contributed by atoms with Crippen molar-refractivity contribution in [3.8, 4) is 11.5 Å². The van der Waals surface area contributed by atoms with Gasteiger partial charge in [-0.1, -0.05) is 37.7 Å². The topological polar surface area (TPSA) is 12.0 Å². The van der Waals surface area contributed by atoms with E-state index in [4.69, 9.17) is 0 Å². The molecule has 1 N–H and O–H groups in total. The lowest BCUT2D eigenvalue weighted by Crippen LogP contribution is -2.34. The molecule has 1 rings (SSSR count). The third-order valence-corrected chi connectivity index (χ3v) is 2.88. The molecular formula is C11H19NSi. The smallest absolute Gasteiger partial charge is 0.129 e. The highest BCUT2D eigenvalue weighted by Crippen LogP contribution is 2.12. The van der Waals surface area contributed by atoms with Gasteiger partial charge in [-0.3, -0.25) is 0 Å². The minimum Gasteiger partial charge on any atom is -0.303 e. The predicted octanol–water partition coefficient (Wildman–Crippen LogP) is 2.18. The third kappa shape index (κ3) is 4.30. The quantitative estimate of drug-likeness (QED) is 0.353. The predicted molar refractivity (Wildman–Crippen MR) is 61.3 cm³/mol. The summed E-state index contributed by atoms with van der Waals surface area (Å²) in [7, 11) is -1.19. The number of hydrogen-bond donors (Lipinski definition) is 1. The van der Waals surface area contributed by atoms with Crippen LogP contribution in [0.2, 0.25) is 19.6 Å². The molecule has 0 aromatic carbocycles. The van der Waals surface area contributed by atoms with Gasteiger partial charge >= 0.3 is 0 Å². The summed E-state index contributed by atoms with van der Waals surface area (Å²) in [6.07, 6.45) is 2.16. The van der Waals surface area contributed by atoms with E-state index in [1.165, 1.54) is 5.57 Å². The van der Waals surface area contributed by atoms with Gasteiger partial charge in [-0.25, -0.2) is 0 Å². The fourth-order valence-corrected chi connectivity index (χ4v) is 1.90. The zero-order chi connectivity index (χ0) is 9.90. The Morgan fingerprint density at radius 3 is 2.69 bits per heavy atom. The first-order valence-corrected chi connectivity index (χ1v) is 8.40. The highest BCUT2D eigenvalue weighted by Gasteiger charge is 2.13. The molecule has 72 valence electrons. The molecule has 1 heterocycles. The number of hydrogen-bond acceptors (Lipinski definition) is 1. The molecule has 0 spiro atoms. The van der Waals surface area contributed by atoms with Crippen LogP contribution in [0.1, 0.15) is 12.8 Å². The largest absolute Gasteiger partial charge is 0.303 e. The highest BCUT2D eigenvalue weighted by molar-refractivity contribution is 6.83. The van der Waals surface area contributed by atoms with Gasteiger partial charge in [0.2, 0.25) is 0 Å². The zero-order valence-electron chi connectivity index (χ0n) is 8.91. The van der Waals surface area contributed by atoms with Crippen molar-refractivity contribution in [3.05, 3.63) is 12.2 Å². The summed E-state index contributed by atoms with van der Waals surface area (Å²) < 4.78 is 0. The second-order valence-electron chi connectivity index (χ2n) is 4.73. The van der Waals surface area contributed by atoms with Crippen molar-refractivity contribution in [1.82, 2.24) is 5.32 Å². The Labute approximate surface area is 82.6 Å². The lowest BCUT2D eigenvalue weighted by Gasteiger charge is -2.21. The molecule has 0 radical (unpaired) electrons. The van der Waals surface area contributed by atoms with Gasteiger partial charge in [0.15, 0.2) is 0 Å². The molecule has 1 nitrogen and oxygen atoms in total. The Hall–Kier alpha value is -0.523. The Kier molecular flexibility index (Phi) is 3.35. The van der Waals surface area contributed by atoms with Gasteiger partial charge in [-0.2, -0.15) is 0 Å². The molecule has 1 saturated heterocycles. The van der Waals surface area contributed by atoms with Crippen LogP contribution in [-0.2, 0) is 0 Å². The van der Waals surface area contributed by atoms with Gasteiger partial charge in [0.1, 0.15) is 8.07 Å². The molecule has 1 aliphatic rings. The van der Waals surface area contributed by atoms with E-state index in [2.05, 4.69) is 43.0 Å². The Morgan fingerprint density at radius 2 is 2.15 bits per heavy atom. The summed E-state index contributed by atoms with van der Waals surface area (Å²) in [4.78, 5) is 0. The summed E-state index contributed by atoms with van der Waals surface area (Å²) in [6, 6.07) is 0.368. The Morgan fingerprint density at radius 1 is 1.46 bits per heavy atom. The first-order chi connectivity index (χ1) is 5.97. The zero-order valence-corrected chi connectivity index (χ0v) is 9.91. The van der Waals surface area contributed by atoms with Crippen molar-refractivity contribution in [1.29, 1.82) is 0 Å². The van der Waals surface area contributed by atoms with Gasteiger partial charge < -0.3 is 5.32 Å².